The lowest BCUT2D eigenvalue weighted by molar-refractivity contribution is -0.0214. The smallest absolute Gasteiger partial charge is 0.119 e. The Kier molecular flexibility index (Phi) is 7.14. The van der Waals surface area contributed by atoms with Crippen LogP contribution >= 0.6 is 0 Å². The topological polar surface area (TPSA) is 32.7 Å². The summed E-state index contributed by atoms with van der Waals surface area (Å²) in [6, 6.07) is 18.6. The second kappa shape index (κ2) is 9.58. The molecular weight excluding hydrogens is 346 g/mol. The molecule has 0 saturated carbocycles. The van der Waals surface area contributed by atoms with E-state index < -0.39 is 5.60 Å². The first-order valence-corrected chi connectivity index (χ1v) is 10.8. The van der Waals surface area contributed by atoms with E-state index in [1.807, 2.05) is 31.2 Å². The Morgan fingerprint density at radius 3 is 2.21 bits per heavy atom. The summed E-state index contributed by atoms with van der Waals surface area (Å²) >= 11 is 0. The van der Waals surface area contributed by atoms with Crippen molar-refractivity contribution in [2.75, 3.05) is 26.2 Å². The molecule has 2 unspecified atom stereocenters. The Morgan fingerprint density at radius 1 is 1.00 bits per heavy atom. The van der Waals surface area contributed by atoms with Crippen molar-refractivity contribution in [2.45, 2.75) is 51.6 Å². The van der Waals surface area contributed by atoms with E-state index in [9.17, 15) is 5.11 Å². The van der Waals surface area contributed by atoms with Crippen LogP contribution in [-0.2, 0) is 5.60 Å². The van der Waals surface area contributed by atoms with E-state index >= 15 is 0 Å². The quantitative estimate of drug-likeness (QED) is 0.648. The first-order chi connectivity index (χ1) is 13.5. The normalized spacial score (nSPS) is 18.2. The van der Waals surface area contributed by atoms with Crippen LogP contribution in [0.15, 0.2) is 54.6 Å². The molecule has 1 saturated heterocycles. The largest absolute Gasteiger partial charge is 0.494 e. The molecular formula is C25H35NO2. The van der Waals surface area contributed by atoms with Crippen molar-refractivity contribution in [3.05, 3.63) is 65.7 Å². The number of hydrogen-bond acceptors (Lipinski definition) is 3. The molecule has 0 radical (unpaired) electrons. The lowest BCUT2D eigenvalue weighted by Crippen LogP contribution is -2.41. The van der Waals surface area contributed by atoms with Crippen LogP contribution in [0.4, 0.5) is 0 Å². The molecule has 0 bridgehead atoms. The zero-order valence-electron chi connectivity index (χ0n) is 17.6. The SMILES string of the molecule is CCOc1ccc(C(O)(CC(C)C)C(CN2CCCC2)c2ccccc2)cc1. The van der Waals surface area contributed by atoms with Gasteiger partial charge in [0.1, 0.15) is 5.75 Å². The average Bonchev–Trinajstić information content (AvgIpc) is 3.20. The van der Waals surface area contributed by atoms with Crippen molar-refractivity contribution in [1.29, 1.82) is 0 Å². The van der Waals surface area contributed by atoms with Gasteiger partial charge in [-0.15, -0.1) is 0 Å². The Hall–Kier alpha value is -1.84. The fourth-order valence-electron chi connectivity index (χ4n) is 4.53. The Labute approximate surface area is 170 Å². The van der Waals surface area contributed by atoms with Gasteiger partial charge in [-0.05, 0) is 68.5 Å². The number of likely N-dealkylation sites (tertiary alicyclic amines) is 1. The zero-order valence-corrected chi connectivity index (χ0v) is 17.6. The summed E-state index contributed by atoms with van der Waals surface area (Å²) in [5, 5.41) is 12.2. The van der Waals surface area contributed by atoms with Crippen LogP contribution in [0, 0.1) is 5.92 Å². The number of nitrogens with zero attached hydrogens (tertiary/aromatic N) is 1. The minimum atomic E-state index is -0.914. The van der Waals surface area contributed by atoms with E-state index in [0.29, 0.717) is 12.5 Å². The van der Waals surface area contributed by atoms with Gasteiger partial charge >= 0.3 is 0 Å². The Morgan fingerprint density at radius 2 is 1.64 bits per heavy atom. The molecule has 3 nitrogen and oxygen atoms in total. The summed E-state index contributed by atoms with van der Waals surface area (Å²) in [5.74, 6) is 1.28. The molecule has 2 atom stereocenters. The lowest BCUT2D eigenvalue weighted by atomic mass is 9.72. The molecule has 1 heterocycles. The summed E-state index contributed by atoms with van der Waals surface area (Å²) in [6.07, 6.45) is 3.24. The molecule has 0 aromatic heterocycles. The van der Waals surface area contributed by atoms with Crippen LogP contribution in [0.25, 0.3) is 0 Å². The third kappa shape index (κ3) is 4.95. The fourth-order valence-corrected chi connectivity index (χ4v) is 4.53. The molecule has 28 heavy (non-hydrogen) atoms. The predicted octanol–water partition coefficient (Wildman–Crippen LogP) is 5.20. The predicted molar refractivity (Wildman–Crippen MR) is 116 cm³/mol. The van der Waals surface area contributed by atoms with Crippen molar-refractivity contribution < 1.29 is 9.84 Å². The number of hydrogen-bond donors (Lipinski definition) is 1. The Bertz CT molecular complexity index is 707. The van der Waals surface area contributed by atoms with Gasteiger partial charge in [0.15, 0.2) is 0 Å². The zero-order chi connectivity index (χ0) is 20.0. The highest BCUT2D eigenvalue weighted by Gasteiger charge is 2.41. The van der Waals surface area contributed by atoms with Crippen LogP contribution < -0.4 is 4.74 Å². The van der Waals surface area contributed by atoms with Crippen molar-refractivity contribution >= 4 is 0 Å². The van der Waals surface area contributed by atoms with Crippen LogP contribution in [0.1, 0.15) is 57.1 Å². The summed E-state index contributed by atoms with van der Waals surface area (Å²) < 4.78 is 5.62. The summed E-state index contributed by atoms with van der Waals surface area (Å²) in [6.45, 7) is 10.2. The van der Waals surface area contributed by atoms with Gasteiger partial charge in [0.2, 0.25) is 0 Å². The fraction of sp³-hybridized carbons (Fsp3) is 0.520. The third-order valence-electron chi connectivity index (χ3n) is 5.80. The molecule has 3 rings (SSSR count). The minimum Gasteiger partial charge on any atom is -0.494 e. The van der Waals surface area contributed by atoms with Crippen molar-refractivity contribution in [3.63, 3.8) is 0 Å². The maximum Gasteiger partial charge on any atom is 0.119 e. The van der Waals surface area contributed by atoms with Gasteiger partial charge in [0.25, 0.3) is 0 Å². The second-order valence-electron chi connectivity index (χ2n) is 8.45. The number of ether oxygens (including phenoxy) is 1. The van der Waals surface area contributed by atoms with Crippen LogP contribution in [0.2, 0.25) is 0 Å². The molecule has 0 aliphatic carbocycles. The molecule has 0 spiro atoms. The number of rotatable bonds is 9. The maximum atomic E-state index is 12.2. The van der Waals surface area contributed by atoms with Crippen LogP contribution in [-0.4, -0.2) is 36.2 Å². The number of aliphatic hydroxyl groups is 1. The van der Waals surface area contributed by atoms with E-state index in [2.05, 4.69) is 49.1 Å². The monoisotopic (exact) mass is 381 g/mol. The van der Waals surface area contributed by atoms with Crippen LogP contribution in [0.5, 0.6) is 5.75 Å². The van der Waals surface area contributed by atoms with Crippen molar-refractivity contribution in [1.82, 2.24) is 4.90 Å². The Balaban J connectivity index is 2.00. The van der Waals surface area contributed by atoms with Crippen molar-refractivity contribution in [2.24, 2.45) is 5.92 Å². The van der Waals surface area contributed by atoms with E-state index in [-0.39, 0.29) is 5.92 Å². The molecule has 2 aromatic rings. The molecule has 1 N–H and O–H groups in total. The van der Waals surface area contributed by atoms with Gasteiger partial charge < -0.3 is 14.7 Å². The maximum absolute atomic E-state index is 12.2. The van der Waals surface area contributed by atoms with Gasteiger partial charge in [-0.3, -0.25) is 0 Å². The minimum absolute atomic E-state index is 0.0344. The van der Waals surface area contributed by atoms with Gasteiger partial charge in [-0.25, -0.2) is 0 Å². The van der Waals surface area contributed by atoms with Crippen molar-refractivity contribution in [3.8, 4) is 5.75 Å². The molecule has 1 aliphatic heterocycles. The molecule has 1 fully saturated rings. The highest BCUT2D eigenvalue weighted by Crippen LogP contribution is 2.43. The average molecular weight is 382 g/mol. The van der Waals surface area contributed by atoms with E-state index in [1.165, 1.54) is 18.4 Å². The molecule has 152 valence electrons. The lowest BCUT2D eigenvalue weighted by Gasteiger charge is -2.40. The summed E-state index contributed by atoms with van der Waals surface area (Å²) in [7, 11) is 0. The number of benzene rings is 2. The highest BCUT2D eigenvalue weighted by molar-refractivity contribution is 5.35. The molecule has 3 heteroatoms. The molecule has 0 amide bonds. The van der Waals surface area contributed by atoms with Crippen LogP contribution in [0.3, 0.4) is 0 Å². The second-order valence-corrected chi connectivity index (χ2v) is 8.45. The standard InChI is InChI=1S/C25H35NO2/c1-4-28-23-14-12-22(13-15-23)25(27,18-20(2)3)24(19-26-16-8-9-17-26)21-10-6-5-7-11-21/h5-7,10-15,20,24,27H,4,8-9,16-19H2,1-3H3. The van der Waals surface area contributed by atoms with E-state index in [1.54, 1.807) is 0 Å². The summed E-state index contributed by atoms with van der Waals surface area (Å²) in [4.78, 5) is 2.51. The first kappa shape index (κ1) is 20.9. The van der Waals surface area contributed by atoms with Gasteiger partial charge in [-0.2, -0.15) is 0 Å². The van der Waals surface area contributed by atoms with E-state index in [0.717, 1.165) is 37.4 Å². The molecule has 2 aromatic carbocycles. The molecule has 1 aliphatic rings. The third-order valence-corrected chi connectivity index (χ3v) is 5.80. The highest BCUT2D eigenvalue weighted by atomic mass is 16.5. The van der Waals surface area contributed by atoms with Gasteiger partial charge in [-0.1, -0.05) is 56.3 Å². The van der Waals surface area contributed by atoms with E-state index in [4.69, 9.17) is 4.74 Å². The first-order valence-electron chi connectivity index (χ1n) is 10.8. The van der Waals surface area contributed by atoms with Gasteiger partial charge in [0, 0.05) is 12.5 Å². The van der Waals surface area contributed by atoms with Gasteiger partial charge in [0.05, 0.1) is 12.2 Å². The summed E-state index contributed by atoms with van der Waals surface area (Å²) in [5.41, 5.74) is 1.28.